The van der Waals surface area contributed by atoms with E-state index in [9.17, 15) is 0 Å². The molecule has 1 fully saturated rings. The normalized spacial score (nSPS) is 16.7. The first-order valence-corrected chi connectivity index (χ1v) is 11.6. The van der Waals surface area contributed by atoms with Crippen molar-refractivity contribution in [1.29, 1.82) is 0 Å². The molecule has 34 heavy (non-hydrogen) atoms. The summed E-state index contributed by atoms with van der Waals surface area (Å²) in [4.78, 5) is 8.88. The Kier molecular flexibility index (Phi) is 5.10. The fourth-order valence-electron chi connectivity index (χ4n) is 4.75. The Morgan fingerprint density at radius 2 is 1.97 bits per heavy atom. The van der Waals surface area contributed by atoms with E-state index in [0.717, 1.165) is 54.0 Å². The monoisotopic (exact) mass is 454 g/mol. The molecule has 9 heteroatoms. The van der Waals surface area contributed by atoms with Crippen molar-refractivity contribution in [3.8, 4) is 22.9 Å². The number of aryl methyl sites for hydroxylation is 1. The lowest BCUT2D eigenvalue weighted by molar-refractivity contribution is 0.478. The van der Waals surface area contributed by atoms with Gasteiger partial charge in [0, 0.05) is 24.0 Å². The maximum Gasteiger partial charge on any atom is 0.182 e. The second-order valence-electron chi connectivity index (χ2n) is 8.77. The number of pyridine rings is 1. The molecule has 0 saturated carbocycles. The summed E-state index contributed by atoms with van der Waals surface area (Å²) in [5.74, 6) is 3.04. The number of aromatic nitrogens is 6. The molecule has 1 saturated heterocycles. The number of hydrogen-bond acceptors (Lipinski definition) is 7. The molecule has 0 amide bonds. The van der Waals surface area contributed by atoms with Gasteiger partial charge in [-0.2, -0.15) is 5.10 Å². The zero-order chi connectivity index (χ0) is 23.1. The molecule has 172 valence electrons. The quantitative estimate of drug-likeness (QED) is 0.423. The minimum atomic E-state index is 0.479. The van der Waals surface area contributed by atoms with Crippen molar-refractivity contribution in [3.05, 3.63) is 66.2 Å². The number of benzene rings is 1. The van der Waals surface area contributed by atoms with Gasteiger partial charge in [-0.1, -0.05) is 0 Å². The lowest BCUT2D eigenvalue weighted by Crippen LogP contribution is -2.13. The number of nitrogen functional groups attached to an aromatic ring is 1. The third-order valence-electron chi connectivity index (χ3n) is 6.50. The van der Waals surface area contributed by atoms with E-state index in [1.54, 1.807) is 4.52 Å². The summed E-state index contributed by atoms with van der Waals surface area (Å²) in [5, 5.41) is 12.4. The molecule has 0 aliphatic carbocycles. The van der Waals surface area contributed by atoms with Crippen LogP contribution < -0.4 is 15.8 Å². The van der Waals surface area contributed by atoms with Crippen LogP contribution in [0, 0.1) is 6.92 Å². The van der Waals surface area contributed by atoms with Gasteiger partial charge in [0.2, 0.25) is 0 Å². The van der Waals surface area contributed by atoms with Crippen LogP contribution in [0.25, 0.3) is 22.6 Å². The van der Waals surface area contributed by atoms with Crippen molar-refractivity contribution in [2.45, 2.75) is 32.1 Å². The van der Waals surface area contributed by atoms with E-state index in [1.807, 2.05) is 54.2 Å². The van der Waals surface area contributed by atoms with Gasteiger partial charge in [0.05, 0.1) is 0 Å². The fourth-order valence-corrected chi connectivity index (χ4v) is 4.75. The number of nitrogens with two attached hydrogens (primary N) is 1. The molecular formula is C25H26N8O. The molecule has 4 aromatic heterocycles. The summed E-state index contributed by atoms with van der Waals surface area (Å²) < 4.78 is 9.66. The first kappa shape index (κ1) is 20.6. The van der Waals surface area contributed by atoms with Gasteiger partial charge >= 0.3 is 0 Å². The van der Waals surface area contributed by atoms with Crippen LogP contribution in [0.2, 0.25) is 0 Å². The van der Waals surface area contributed by atoms with Crippen LogP contribution in [0.4, 0.5) is 5.82 Å². The summed E-state index contributed by atoms with van der Waals surface area (Å²) in [6, 6.07) is 11.8. The fraction of sp³-hybridized carbons (Fsp3) is 0.280. The average molecular weight is 455 g/mol. The van der Waals surface area contributed by atoms with E-state index >= 15 is 0 Å². The molecule has 0 radical (unpaired) electrons. The molecule has 5 aromatic rings. The van der Waals surface area contributed by atoms with Crippen molar-refractivity contribution < 1.29 is 4.74 Å². The van der Waals surface area contributed by atoms with Crippen LogP contribution >= 0.6 is 0 Å². The Hall–Kier alpha value is -3.98. The molecule has 1 aliphatic heterocycles. The summed E-state index contributed by atoms with van der Waals surface area (Å²) in [7, 11) is 0. The topological polar surface area (TPSA) is 108 Å². The molecular weight excluding hydrogens is 428 g/mol. The maximum absolute atomic E-state index is 6.47. The highest BCUT2D eigenvalue weighted by atomic mass is 16.5. The Bertz CT molecular complexity index is 1480. The van der Waals surface area contributed by atoms with Crippen LogP contribution in [0.1, 0.15) is 36.3 Å². The van der Waals surface area contributed by atoms with Crippen LogP contribution in [0.5, 0.6) is 11.5 Å². The summed E-state index contributed by atoms with van der Waals surface area (Å²) in [6.07, 6.45) is 8.76. The smallest absolute Gasteiger partial charge is 0.182 e. The van der Waals surface area contributed by atoms with Crippen LogP contribution in [-0.2, 0) is 0 Å². The Morgan fingerprint density at radius 1 is 1.06 bits per heavy atom. The Labute approximate surface area is 196 Å². The number of anilines is 1. The molecule has 3 N–H and O–H groups in total. The first-order valence-electron chi connectivity index (χ1n) is 11.6. The minimum absolute atomic E-state index is 0.479. The van der Waals surface area contributed by atoms with Gasteiger partial charge in [-0.05, 0) is 86.7 Å². The Balaban J connectivity index is 1.29. The zero-order valence-corrected chi connectivity index (χ0v) is 19.0. The summed E-state index contributed by atoms with van der Waals surface area (Å²) >= 11 is 0. The van der Waals surface area contributed by atoms with Crippen molar-refractivity contribution in [3.63, 3.8) is 0 Å². The second kappa shape index (κ2) is 8.42. The van der Waals surface area contributed by atoms with Crippen molar-refractivity contribution in [1.82, 2.24) is 34.5 Å². The van der Waals surface area contributed by atoms with E-state index in [0.29, 0.717) is 23.3 Å². The lowest BCUT2D eigenvalue weighted by Gasteiger charge is -2.14. The molecule has 1 aliphatic rings. The Morgan fingerprint density at radius 3 is 2.88 bits per heavy atom. The van der Waals surface area contributed by atoms with E-state index in [2.05, 4.69) is 26.4 Å². The molecule has 5 heterocycles. The molecule has 1 atom stereocenters. The lowest BCUT2D eigenvalue weighted by atomic mass is 9.93. The van der Waals surface area contributed by atoms with Crippen LogP contribution in [0.15, 0.2) is 55.1 Å². The van der Waals surface area contributed by atoms with Crippen LogP contribution in [0.3, 0.4) is 0 Å². The van der Waals surface area contributed by atoms with Crippen molar-refractivity contribution >= 4 is 17.0 Å². The van der Waals surface area contributed by atoms with Crippen LogP contribution in [-0.4, -0.2) is 42.3 Å². The first-order chi connectivity index (χ1) is 16.7. The van der Waals surface area contributed by atoms with Gasteiger partial charge < -0.3 is 15.8 Å². The number of fused-ring (bicyclic) bond motifs is 2. The predicted molar refractivity (Wildman–Crippen MR) is 130 cm³/mol. The second-order valence-corrected chi connectivity index (χ2v) is 8.77. The highest BCUT2D eigenvalue weighted by molar-refractivity contribution is 5.73. The van der Waals surface area contributed by atoms with E-state index < -0.39 is 0 Å². The predicted octanol–water partition coefficient (Wildman–Crippen LogP) is 3.98. The van der Waals surface area contributed by atoms with Gasteiger partial charge in [-0.15, -0.1) is 5.10 Å². The number of nitrogens with zero attached hydrogens (tertiary/aromatic N) is 6. The van der Waals surface area contributed by atoms with Gasteiger partial charge in [0.25, 0.3) is 0 Å². The average Bonchev–Trinajstić information content (AvgIpc) is 3.40. The molecule has 1 aromatic carbocycles. The third kappa shape index (κ3) is 3.73. The number of hydrogen-bond donors (Lipinski definition) is 2. The zero-order valence-electron chi connectivity index (χ0n) is 19.0. The number of nitrogens with one attached hydrogen (secondary N) is 1. The maximum atomic E-state index is 6.47. The molecule has 6 rings (SSSR count). The van der Waals surface area contributed by atoms with Gasteiger partial charge in [-0.3, -0.25) is 0 Å². The van der Waals surface area contributed by atoms with Gasteiger partial charge in [0.1, 0.15) is 23.3 Å². The number of ether oxygens (including phenoxy) is 1. The largest absolute Gasteiger partial charge is 0.457 e. The van der Waals surface area contributed by atoms with Crippen molar-refractivity contribution in [2.75, 3.05) is 18.8 Å². The van der Waals surface area contributed by atoms with Crippen molar-refractivity contribution in [2.24, 2.45) is 0 Å². The molecule has 0 spiro atoms. The minimum Gasteiger partial charge on any atom is -0.457 e. The molecule has 9 nitrogen and oxygen atoms in total. The van der Waals surface area contributed by atoms with E-state index in [1.165, 1.54) is 18.3 Å². The molecule has 0 bridgehead atoms. The SMILES string of the molecule is Cc1cc(-c2nc(N)c3c(C4CCCNCC4)ccn3n2)ccc1Oc1ccn2ncnc2c1. The third-order valence-corrected chi connectivity index (χ3v) is 6.50. The summed E-state index contributed by atoms with van der Waals surface area (Å²) in [6.45, 7) is 4.11. The summed E-state index contributed by atoms with van der Waals surface area (Å²) in [5.41, 5.74) is 11.2. The van der Waals surface area contributed by atoms with Gasteiger partial charge in [-0.25, -0.2) is 19.0 Å². The number of rotatable bonds is 4. The van der Waals surface area contributed by atoms with Gasteiger partial charge in [0.15, 0.2) is 17.3 Å². The molecule has 1 unspecified atom stereocenters. The highest BCUT2D eigenvalue weighted by Crippen LogP contribution is 2.33. The van der Waals surface area contributed by atoms with E-state index in [-0.39, 0.29) is 0 Å². The standard InChI is InChI=1S/C25H26N8O/c1-16-13-18(4-5-21(16)34-19-7-11-32-22(14-19)28-15-29-32)25-30-24(26)23-20(8-12-33(23)31-25)17-3-2-9-27-10-6-17/h4-5,7-8,11-15,17,27H,2-3,6,9-10H2,1H3,(H2,26,30,31). The van der Waals surface area contributed by atoms with E-state index in [4.69, 9.17) is 15.6 Å². The highest BCUT2D eigenvalue weighted by Gasteiger charge is 2.20.